The summed E-state index contributed by atoms with van der Waals surface area (Å²) in [7, 11) is 0. The minimum Gasteiger partial charge on any atom is -0.543 e. The third kappa shape index (κ3) is 3.04. The van der Waals surface area contributed by atoms with Gasteiger partial charge in [0.1, 0.15) is 12.4 Å². The molecule has 0 N–H and O–H groups in total. The molecule has 0 bridgehead atoms. The summed E-state index contributed by atoms with van der Waals surface area (Å²) in [4.78, 5) is 14.3. The molecule has 0 amide bonds. The second-order valence-electron chi connectivity index (χ2n) is 3.44. The van der Waals surface area contributed by atoms with E-state index >= 15 is 0 Å². The van der Waals surface area contributed by atoms with Gasteiger partial charge in [0, 0.05) is 12.3 Å². The summed E-state index contributed by atoms with van der Waals surface area (Å²) in [5.74, 6) is -0.849. The van der Waals surface area contributed by atoms with Crippen LogP contribution in [0.5, 0.6) is 5.75 Å². The highest BCUT2D eigenvalue weighted by Gasteiger charge is 1.99. The Morgan fingerprint density at radius 3 is 2.71 bits per heavy atom. The number of carbonyl (C=O) groups is 1. The zero-order valence-electron chi connectivity index (χ0n) is 9.00. The highest BCUT2D eigenvalue weighted by molar-refractivity contribution is 5.83. The van der Waals surface area contributed by atoms with Crippen LogP contribution in [-0.4, -0.2) is 11.0 Å². The highest BCUT2D eigenvalue weighted by atomic mass is 16.5. The summed E-state index contributed by atoms with van der Waals surface area (Å²) in [6.45, 7) is 0.386. The number of hydrogen-bond donors (Lipinski definition) is 0. The quantitative estimate of drug-likeness (QED) is 0.783. The van der Waals surface area contributed by atoms with Crippen molar-refractivity contribution >= 4 is 5.97 Å². The molecule has 1 heterocycles. The number of ether oxygens (including phenoxy) is 1. The molecule has 4 nitrogen and oxygen atoms in total. The maximum absolute atomic E-state index is 10.6. The molecule has 0 saturated carbocycles. The van der Waals surface area contributed by atoms with E-state index in [4.69, 9.17) is 4.74 Å². The monoisotopic (exact) mass is 228 g/mol. The van der Waals surface area contributed by atoms with Crippen molar-refractivity contribution in [1.29, 1.82) is 0 Å². The lowest BCUT2D eigenvalue weighted by atomic mass is 10.2. The average Bonchev–Trinajstić information content (AvgIpc) is 2.38. The molecule has 0 atom stereocenters. The molecule has 4 heteroatoms. The maximum Gasteiger partial charge on any atom is 0.123 e. The first-order valence-electron chi connectivity index (χ1n) is 5.10. The largest absolute Gasteiger partial charge is 0.543 e. The first-order chi connectivity index (χ1) is 8.25. The molecule has 2 aromatic rings. The number of nitrogens with zero attached hydrogens (tertiary/aromatic N) is 1. The van der Waals surface area contributed by atoms with E-state index in [0.29, 0.717) is 12.4 Å². The van der Waals surface area contributed by atoms with Gasteiger partial charge in [-0.3, -0.25) is 4.98 Å². The molecule has 1 aromatic carbocycles. The summed E-state index contributed by atoms with van der Waals surface area (Å²) in [6.07, 6.45) is 1.38. The predicted molar refractivity (Wildman–Crippen MR) is 59.3 cm³/mol. The van der Waals surface area contributed by atoms with E-state index in [1.54, 1.807) is 6.07 Å². The summed E-state index contributed by atoms with van der Waals surface area (Å²) >= 11 is 0. The Morgan fingerprint density at radius 2 is 2.00 bits per heavy atom. The zero-order chi connectivity index (χ0) is 12.1. The fraction of sp³-hybridized carbons (Fsp3) is 0.0769. The number of benzene rings is 1. The summed E-state index contributed by atoms with van der Waals surface area (Å²) in [5, 5.41) is 10.6. The number of rotatable bonds is 4. The Kier molecular flexibility index (Phi) is 3.35. The zero-order valence-corrected chi connectivity index (χ0v) is 9.00. The summed E-state index contributed by atoms with van der Waals surface area (Å²) in [5.41, 5.74) is 0.884. The van der Waals surface area contributed by atoms with Crippen LogP contribution in [0.1, 0.15) is 16.1 Å². The SMILES string of the molecule is O=C([O-])c1cc(OCc2ccccc2)ccn1. The van der Waals surface area contributed by atoms with E-state index in [1.807, 2.05) is 30.3 Å². The van der Waals surface area contributed by atoms with Gasteiger partial charge in [0.25, 0.3) is 0 Å². The van der Waals surface area contributed by atoms with E-state index < -0.39 is 5.97 Å². The van der Waals surface area contributed by atoms with Crippen LogP contribution in [0.3, 0.4) is 0 Å². The van der Waals surface area contributed by atoms with Crippen LogP contribution < -0.4 is 9.84 Å². The Bertz CT molecular complexity index is 511. The Labute approximate surface area is 98.5 Å². The van der Waals surface area contributed by atoms with E-state index in [1.165, 1.54) is 12.3 Å². The molecule has 1 aromatic heterocycles. The van der Waals surface area contributed by atoms with Crippen LogP contribution in [0.25, 0.3) is 0 Å². The molecular weight excluding hydrogens is 218 g/mol. The first kappa shape index (κ1) is 11.1. The molecule has 0 aliphatic heterocycles. The fourth-order valence-corrected chi connectivity index (χ4v) is 1.35. The van der Waals surface area contributed by atoms with Gasteiger partial charge in [-0.1, -0.05) is 30.3 Å². The Morgan fingerprint density at radius 1 is 1.24 bits per heavy atom. The predicted octanol–water partition coefficient (Wildman–Crippen LogP) is 1.02. The molecule has 86 valence electrons. The van der Waals surface area contributed by atoms with Gasteiger partial charge < -0.3 is 14.6 Å². The Balaban J connectivity index is 2.04. The third-order valence-electron chi connectivity index (χ3n) is 2.19. The number of carboxylic acids is 1. The summed E-state index contributed by atoms with van der Waals surface area (Å²) < 4.78 is 5.45. The van der Waals surface area contributed by atoms with E-state index in [9.17, 15) is 9.90 Å². The van der Waals surface area contributed by atoms with Crippen molar-refractivity contribution in [2.75, 3.05) is 0 Å². The lowest BCUT2D eigenvalue weighted by Gasteiger charge is -2.07. The van der Waals surface area contributed by atoms with Gasteiger partial charge in [-0.15, -0.1) is 0 Å². The topological polar surface area (TPSA) is 62.2 Å². The van der Waals surface area contributed by atoms with Gasteiger partial charge in [0.15, 0.2) is 0 Å². The van der Waals surface area contributed by atoms with Crippen molar-refractivity contribution in [2.24, 2.45) is 0 Å². The molecule has 0 aliphatic rings. The smallest absolute Gasteiger partial charge is 0.123 e. The second-order valence-corrected chi connectivity index (χ2v) is 3.44. The molecule has 17 heavy (non-hydrogen) atoms. The number of hydrogen-bond acceptors (Lipinski definition) is 4. The van der Waals surface area contributed by atoms with Crippen LogP contribution in [0.2, 0.25) is 0 Å². The lowest BCUT2D eigenvalue weighted by Crippen LogP contribution is -2.23. The van der Waals surface area contributed by atoms with Gasteiger partial charge in [-0.25, -0.2) is 0 Å². The van der Waals surface area contributed by atoms with Gasteiger partial charge in [-0.2, -0.15) is 0 Å². The number of aromatic nitrogens is 1. The molecular formula is C13H10NO3-. The fourth-order valence-electron chi connectivity index (χ4n) is 1.35. The van der Waals surface area contributed by atoms with Gasteiger partial charge in [0.2, 0.25) is 0 Å². The highest BCUT2D eigenvalue weighted by Crippen LogP contribution is 2.12. The van der Waals surface area contributed by atoms with Crippen molar-refractivity contribution in [1.82, 2.24) is 4.98 Å². The van der Waals surface area contributed by atoms with Crippen molar-refractivity contribution in [2.45, 2.75) is 6.61 Å². The second kappa shape index (κ2) is 5.12. The van der Waals surface area contributed by atoms with Crippen molar-refractivity contribution < 1.29 is 14.6 Å². The van der Waals surface area contributed by atoms with Crippen molar-refractivity contribution in [3.8, 4) is 5.75 Å². The van der Waals surface area contributed by atoms with Crippen molar-refractivity contribution in [3.05, 3.63) is 59.9 Å². The lowest BCUT2D eigenvalue weighted by molar-refractivity contribution is -0.255. The normalized spacial score (nSPS) is 9.88. The van der Waals surface area contributed by atoms with Crippen LogP contribution in [0.4, 0.5) is 0 Å². The van der Waals surface area contributed by atoms with Crippen molar-refractivity contribution in [3.63, 3.8) is 0 Å². The van der Waals surface area contributed by atoms with Crippen LogP contribution in [0.15, 0.2) is 48.7 Å². The molecule has 0 saturated heterocycles. The van der Waals surface area contributed by atoms with E-state index in [0.717, 1.165) is 5.56 Å². The summed E-state index contributed by atoms with van der Waals surface area (Å²) in [6, 6.07) is 12.6. The average molecular weight is 228 g/mol. The van der Waals surface area contributed by atoms with E-state index in [2.05, 4.69) is 4.98 Å². The first-order valence-corrected chi connectivity index (χ1v) is 5.10. The molecule has 0 spiro atoms. The van der Waals surface area contributed by atoms with Gasteiger partial charge >= 0.3 is 0 Å². The molecule has 2 rings (SSSR count). The van der Waals surface area contributed by atoms with Gasteiger partial charge in [-0.05, 0) is 11.6 Å². The number of aromatic carboxylic acids is 1. The van der Waals surface area contributed by atoms with E-state index in [-0.39, 0.29) is 5.69 Å². The number of carbonyl (C=O) groups excluding carboxylic acids is 1. The maximum atomic E-state index is 10.6. The van der Waals surface area contributed by atoms with Crippen LogP contribution in [-0.2, 0) is 6.61 Å². The molecule has 0 radical (unpaired) electrons. The Hall–Kier alpha value is -2.36. The molecule has 0 aliphatic carbocycles. The molecule has 0 unspecified atom stereocenters. The minimum absolute atomic E-state index is 0.129. The number of pyridine rings is 1. The standard InChI is InChI=1S/C13H11NO3/c15-13(16)12-8-11(6-7-14-12)17-9-10-4-2-1-3-5-10/h1-8H,9H2,(H,15,16)/p-1. The molecule has 0 fully saturated rings. The minimum atomic E-state index is -1.31. The van der Waals surface area contributed by atoms with Crippen LogP contribution >= 0.6 is 0 Å². The van der Waals surface area contributed by atoms with Crippen LogP contribution in [0, 0.1) is 0 Å². The number of carboxylic acid groups (broad SMARTS) is 1. The third-order valence-corrected chi connectivity index (χ3v) is 2.19. The van der Waals surface area contributed by atoms with Gasteiger partial charge in [0.05, 0.1) is 11.7 Å².